The predicted octanol–water partition coefficient (Wildman–Crippen LogP) is 3.07. The lowest BCUT2D eigenvalue weighted by molar-refractivity contribution is 0.356. The molecule has 0 bridgehead atoms. The molecule has 0 aliphatic rings. The SMILES string of the molecule is Cc1nc(-c2ccn(C(C)(C)C)n2)cs1. The van der Waals surface area contributed by atoms with E-state index in [1.165, 1.54) is 0 Å². The quantitative estimate of drug-likeness (QED) is 0.741. The molecule has 0 amide bonds. The summed E-state index contributed by atoms with van der Waals surface area (Å²) in [5.41, 5.74) is 1.96. The van der Waals surface area contributed by atoms with Gasteiger partial charge in [0, 0.05) is 11.6 Å². The molecule has 15 heavy (non-hydrogen) atoms. The number of nitrogens with zero attached hydrogens (tertiary/aromatic N) is 3. The first kappa shape index (κ1) is 10.4. The van der Waals surface area contributed by atoms with Crippen LogP contribution >= 0.6 is 11.3 Å². The van der Waals surface area contributed by atoms with Gasteiger partial charge in [-0.1, -0.05) is 0 Å². The Morgan fingerprint density at radius 1 is 1.27 bits per heavy atom. The van der Waals surface area contributed by atoms with Gasteiger partial charge in [0.25, 0.3) is 0 Å². The Balaban J connectivity index is 2.36. The fourth-order valence-electron chi connectivity index (χ4n) is 1.32. The van der Waals surface area contributed by atoms with Crippen LogP contribution in [0.15, 0.2) is 17.6 Å². The molecular weight excluding hydrogens is 206 g/mol. The van der Waals surface area contributed by atoms with Crippen LogP contribution in [0.5, 0.6) is 0 Å². The molecule has 0 spiro atoms. The molecule has 2 heterocycles. The average molecular weight is 221 g/mol. The van der Waals surface area contributed by atoms with E-state index < -0.39 is 0 Å². The largest absolute Gasteiger partial charge is 0.267 e. The number of thiazole rings is 1. The van der Waals surface area contributed by atoms with Gasteiger partial charge in [-0.25, -0.2) is 4.98 Å². The predicted molar refractivity (Wildman–Crippen MR) is 63.1 cm³/mol. The molecule has 0 fully saturated rings. The van der Waals surface area contributed by atoms with E-state index in [1.54, 1.807) is 11.3 Å². The Kier molecular flexibility index (Phi) is 2.38. The minimum atomic E-state index is 0.0311. The van der Waals surface area contributed by atoms with Crippen LogP contribution in [0.25, 0.3) is 11.4 Å². The first-order valence-corrected chi connectivity index (χ1v) is 5.83. The van der Waals surface area contributed by atoms with Gasteiger partial charge in [0.2, 0.25) is 0 Å². The van der Waals surface area contributed by atoms with Crippen molar-refractivity contribution in [1.82, 2.24) is 14.8 Å². The standard InChI is InChI=1S/C11H15N3S/c1-8-12-10(7-15-8)9-5-6-14(13-9)11(2,3)4/h5-7H,1-4H3. The second-order valence-corrected chi connectivity index (χ2v) is 5.63. The van der Waals surface area contributed by atoms with Crippen molar-refractivity contribution in [3.8, 4) is 11.4 Å². The fourth-order valence-corrected chi connectivity index (χ4v) is 1.92. The van der Waals surface area contributed by atoms with E-state index in [-0.39, 0.29) is 5.54 Å². The van der Waals surface area contributed by atoms with Gasteiger partial charge in [-0.15, -0.1) is 11.3 Å². The molecule has 0 N–H and O–H groups in total. The zero-order chi connectivity index (χ0) is 11.1. The molecule has 2 rings (SSSR count). The van der Waals surface area contributed by atoms with Crippen molar-refractivity contribution in [2.24, 2.45) is 0 Å². The Hall–Kier alpha value is -1.16. The summed E-state index contributed by atoms with van der Waals surface area (Å²) in [6.45, 7) is 8.41. The molecule has 80 valence electrons. The van der Waals surface area contributed by atoms with E-state index in [0.29, 0.717) is 0 Å². The van der Waals surface area contributed by atoms with E-state index >= 15 is 0 Å². The first-order chi connectivity index (χ1) is 6.97. The zero-order valence-corrected chi connectivity index (χ0v) is 10.3. The molecule has 0 saturated carbocycles. The summed E-state index contributed by atoms with van der Waals surface area (Å²) in [4.78, 5) is 4.42. The number of hydrogen-bond acceptors (Lipinski definition) is 3. The molecule has 0 saturated heterocycles. The highest BCUT2D eigenvalue weighted by Gasteiger charge is 2.15. The molecule has 0 aromatic carbocycles. The minimum Gasteiger partial charge on any atom is -0.267 e. The van der Waals surface area contributed by atoms with Gasteiger partial charge in [-0.05, 0) is 33.8 Å². The summed E-state index contributed by atoms with van der Waals surface area (Å²) in [6.07, 6.45) is 2.00. The van der Waals surface area contributed by atoms with E-state index in [2.05, 4.69) is 30.9 Å². The minimum absolute atomic E-state index is 0.0311. The number of aromatic nitrogens is 3. The lowest BCUT2D eigenvalue weighted by atomic mass is 10.1. The van der Waals surface area contributed by atoms with E-state index in [4.69, 9.17) is 0 Å². The monoisotopic (exact) mass is 221 g/mol. The first-order valence-electron chi connectivity index (χ1n) is 4.95. The normalized spacial score (nSPS) is 12.0. The van der Waals surface area contributed by atoms with Gasteiger partial charge in [0.05, 0.1) is 10.5 Å². The Labute approximate surface area is 93.8 Å². The molecule has 4 heteroatoms. The third kappa shape index (κ3) is 2.09. The molecule has 0 unspecified atom stereocenters. The average Bonchev–Trinajstić information content (AvgIpc) is 2.69. The summed E-state index contributed by atoms with van der Waals surface area (Å²) in [5, 5.41) is 7.65. The van der Waals surface area contributed by atoms with Crippen LogP contribution in [-0.4, -0.2) is 14.8 Å². The van der Waals surface area contributed by atoms with E-state index in [0.717, 1.165) is 16.4 Å². The summed E-state index contributed by atoms with van der Waals surface area (Å²) < 4.78 is 1.97. The second-order valence-electron chi connectivity index (χ2n) is 4.57. The number of aryl methyl sites for hydroxylation is 1. The maximum absolute atomic E-state index is 4.53. The highest BCUT2D eigenvalue weighted by molar-refractivity contribution is 7.09. The van der Waals surface area contributed by atoms with Crippen molar-refractivity contribution in [1.29, 1.82) is 0 Å². The lowest BCUT2D eigenvalue weighted by Gasteiger charge is -2.18. The number of rotatable bonds is 1. The summed E-state index contributed by atoms with van der Waals surface area (Å²) >= 11 is 1.66. The highest BCUT2D eigenvalue weighted by atomic mass is 32.1. The zero-order valence-electron chi connectivity index (χ0n) is 9.48. The van der Waals surface area contributed by atoms with Crippen molar-refractivity contribution in [2.75, 3.05) is 0 Å². The van der Waals surface area contributed by atoms with E-state index in [9.17, 15) is 0 Å². The third-order valence-electron chi connectivity index (χ3n) is 2.16. The van der Waals surface area contributed by atoms with Crippen molar-refractivity contribution >= 4 is 11.3 Å². The third-order valence-corrected chi connectivity index (χ3v) is 2.93. The molecule has 0 aliphatic carbocycles. The lowest BCUT2D eigenvalue weighted by Crippen LogP contribution is -2.22. The topological polar surface area (TPSA) is 30.7 Å². The van der Waals surface area contributed by atoms with Gasteiger partial charge < -0.3 is 0 Å². The maximum atomic E-state index is 4.53. The van der Waals surface area contributed by atoms with E-state index in [1.807, 2.05) is 29.2 Å². The Bertz CT molecular complexity index is 462. The summed E-state index contributed by atoms with van der Waals surface area (Å²) in [7, 11) is 0. The van der Waals surface area contributed by atoms with Crippen LogP contribution in [0, 0.1) is 6.92 Å². The van der Waals surface area contributed by atoms with Crippen LogP contribution in [-0.2, 0) is 5.54 Å². The molecule has 2 aromatic heterocycles. The highest BCUT2D eigenvalue weighted by Crippen LogP contribution is 2.21. The second kappa shape index (κ2) is 3.45. The fraction of sp³-hybridized carbons (Fsp3) is 0.455. The molecular formula is C11H15N3S. The van der Waals surface area contributed by atoms with Gasteiger partial charge in [0.1, 0.15) is 11.4 Å². The Morgan fingerprint density at radius 3 is 2.47 bits per heavy atom. The van der Waals surface area contributed by atoms with Crippen molar-refractivity contribution in [2.45, 2.75) is 33.2 Å². The van der Waals surface area contributed by atoms with Crippen molar-refractivity contribution < 1.29 is 0 Å². The van der Waals surface area contributed by atoms with Crippen LogP contribution < -0.4 is 0 Å². The molecule has 3 nitrogen and oxygen atoms in total. The smallest absolute Gasteiger partial charge is 0.112 e. The van der Waals surface area contributed by atoms with Gasteiger partial charge in [-0.3, -0.25) is 4.68 Å². The van der Waals surface area contributed by atoms with Gasteiger partial charge >= 0.3 is 0 Å². The molecule has 0 aliphatic heterocycles. The van der Waals surface area contributed by atoms with Crippen molar-refractivity contribution in [3.63, 3.8) is 0 Å². The maximum Gasteiger partial charge on any atom is 0.112 e. The molecule has 0 radical (unpaired) electrons. The Morgan fingerprint density at radius 2 is 2.00 bits per heavy atom. The van der Waals surface area contributed by atoms with Crippen LogP contribution in [0.4, 0.5) is 0 Å². The van der Waals surface area contributed by atoms with Crippen molar-refractivity contribution in [3.05, 3.63) is 22.7 Å². The van der Waals surface area contributed by atoms with Crippen LogP contribution in [0.1, 0.15) is 25.8 Å². The van der Waals surface area contributed by atoms with Crippen LogP contribution in [0.3, 0.4) is 0 Å². The number of hydrogen-bond donors (Lipinski definition) is 0. The summed E-state index contributed by atoms with van der Waals surface area (Å²) in [6, 6.07) is 2.01. The summed E-state index contributed by atoms with van der Waals surface area (Å²) in [5.74, 6) is 0. The van der Waals surface area contributed by atoms with Gasteiger partial charge in [-0.2, -0.15) is 5.10 Å². The van der Waals surface area contributed by atoms with Gasteiger partial charge in [0.15, 0.2) is 0 Å². The molecule has 0 atom stereocenters. The van der Waals surface area contributed by atoms with Crippen LogP contribution in [0.2, 0.25) is 0 Å². The molecule has 2 aromatic rings.